The maximum absolute atomic E-state index is 13.4. The van der Waals surface area contributed by atoms with Crippen molar-refractivity contribution < 1.29 is 9.53 Å². The number of nitrogens with one attached hydrogen (secondary N) is 1. The first-order chi connectivity index (χ1) is 15.4. The fourth-order valence-electron chi connectivity index (χ4n) is 3.44. The van der Waals surface area contributed by atoms with E-state index in [9.17, 15) is 9.59 Å². The van der Waals surface area contributed by atoms with Gasteiger partial charge in [0, 0.05) is 21.7 Å². The average molecular weight is 468 g/mol. The molecule has 2 aromatic carbocycles. The predicted molar refractivity (Wildman–Crippen MR) is 130 cm³/mol. The number of aromatic nitrogens is 2. The van der Waals surface area contributed by atoms with Gasteiger partial charge in [0.1, 0.15) is 16.6 Å². The van der Waals surface area contributed by atoms with Crippen molar-refractivity contribution in [1.29, 1.82) is 0 Å². The van der Waals surface area contributed by atoms with E-state index in [1.807, 2.05) is 43.5 Å². The van der Waals surface area contributed by atoms with Gasteiger partial charge in [-0.15, -0.1) is 11.3 Å². The normalized spacial score (nSPS) is 12.0. The van der Waals surface area contributed by atoms with Gasteiger partial charge in [-0.25, -0.2) is 4.98 Å². The number of hydrogen-bond donors (Lipinski definition) is 1. The van der Waals surface area contributed by atoms with E-state index in [0.717, 1.165) is 22.4 Å². The van der Waals surface area contributed by atoms with Crippen LogP contribution in [0.5, 0.6) is 5.75 Å². The second-order valence-corrected chi connectivity index (χ2v) is 8.59. The van der Waals surface area contributed by atoms with Crippen molar-refractivity contribution in [3.05, 3.63) is 75.1 Å². The highest BCUT2D eigenvalue weighted by molar-refractivity contribution is 7.17. The summed E-state index contributed by atoms with van der Waals surface area (Å²) in [6.45, 7) is 6.02. The van der Waals surface area contributed by atoms with E-state index in [4.69, 9.17) is 16.3 Å². The third-order valence-electron chi connectivity index (χ3n) is 5.32. The molecule has 1 amide bonds. The number of fused-ring (bicyclic) bond motifs is 1. The molecule has 6 nitrogen and oxygen atoms in total. The SMILES string of the molecule is CCOc1ccc(-c2csc3ncn(C(C)C(=O)Nc4cccc(Cl)c4C)c(=O)c23)cc1. The van der Waals surface area contributed by atoms with Crippen LogP contribution in [-0.4, -0.2) is 22.1 Å². The molecule has 0 aliphatic rings. The van der Waals surface area contributed by atoms with Gasteiger partial charge in [-0.3, -0.25) is 14.2 Å². The number of ether oxygens (including phenoxy) is 1. The van der Waals surface area contributed by atoms with E-state index in [0.29, 0.717) is 27.5 Å². The summed E-state index contributed by atoms with van der Waals surface area (Å²) in [6, 6.07) is 12.1. The summed E-state index contributed by atoms with van der Waals surface area (Å²) >= 11 is 7.55. The maximum atomic E-state index is 13.4. The molecule has 4 rings (SSSR count). The first-order valence-electron chi connectivity index (χ1n) is 10.2. The molecule has 0 spiro atoms. The summed E-state index contributed by atoms with van der Waals surface area (Å²) in [5.41, 5.74) is 2.81. The minimum Gasteiger partial charge on any atom is -0.494 e. The van der Waals surface area contributed by atoms with E-state index in [-0.39, 0.29) is 11.5 Å². The minimum atomic E-state index is -0.758. The van der Waals surface area contributed by atoms with Crippen molar-refractivity contribution in [1.82, 2.24) is 9.55 Å². The molecule has 32 heavy (non-hydrogen) atoms. The molecular formula is C24H22ClN3O3S. The largest absolute Gasteiger partial charge is 0.494 e. The Labute approximate surface area is 194 Å². The van der Waals surface area contributed by atoms with Gasteiger partial charge >= 0.3 is 0 Å². The van der Waals surface area contributed by atoms with Crippen LogP contribution in [0.1, 0.15) is 25.5 Å². The van der Waals surface area contributed by atoms with Crippen LogP contribution in [0.2, 0.25) is 5.02 Å². The lowest BCUT2D eigenvalue weighted by Gasteiger charge is -2.16. The number of carbonyl (C=O) groups excluding carboxylic acids is 1. The number of anilines is 1. The monoisotopic (exact) mass is 467 g/mol. The number of benzene rings is 2. The minimum absolute atomic E-state index is 0.259. The Hall–Kier alpha value is -3.16. The first kappa shape index (κ1) is 22.0. The maximum Gasteiger partial charge on any atom is 0.263 e. The Morgan fingerprint density at radius 2 is 2.00 bits per heavy atom. The predicted octanol–water partition coefficient (Wildman–Crippen LogP) is 5.69. The van der Waals surface area contributed by atoms with Gasteiger partial charge in [0.2, 0.25) is 5.91 Å². The Bertz CT molecular complexity index is 1350. The topological polar surface area (TPSA) is 73.2 Å². The molecule has 4 aromatic rings. The third kappa shape index (κ3) is 4.13. The second kappa shape index (κ2) is 9.14. The molecule has 2 heterocycles. The smallest absolute Gasteiger partial charge is 0.263 e. The summed E-state index contributed by atoms with van der Waals surface area (Å²) in [5, 5.41) is 5.84. The molecule has 0 saturated carbocycles. The van der Waals surface area contributed by atoms with Crippen LogP contribution in [0.4, 0.5) is 5.69 Å². The summed E-state index contributed by atoms with van der Waals surface area (Å²) in [7, 11) is 0. The zero-order valence-electron chi connectivity index (χ0n) is 17.9. The molecule has 0 radical (unpaired) electrons. The highest BCUT2D eigenvalue weighted by Crippen LogP contribution is 2.32. The summed E-state index contributed by atoms with van der Waals surface area (Å²) in [4.78, 5) is 31.3. The van der Waals surface area contributed by atoms with Crippen molar-refractivity contribution in [2.24, 2.45) is 0 Å². The molecule has 1 atom stereocenters. The Balaban J connectivity index is 1.68. The summed E-state index contributed by atoms with van der Waals surface area (Å²) in [6.07, 6.45) is 1.43. The number of thiophene rings is 1. The number of amides is 1. The lowest BCUT2D eigenvalue weighted by Crippen LogP contribution is -2.31. The summed E-state index contributed by atoms with van der Waals surface area (Å²) in [5.74, 6) is 0.449. The van der Waals surface area contributed by atoms with Gasteiger partial charge in [-0.1, -0.05) is 29.8 Å². The molecule has 0 fully saturated rings. The Morgan fingerprint density at radius 3 is 2.72 bits per heavy atom. The van der Waals surface area contributed by atoms with Crippen LogP contribution < -0.4 is 15.6 Å². The number of halogens is 1. The number of hydrogen-bond acceptors (Lipinski definition) is 5. The van der Waals surface area contributed by atoms with Gasteiger partial charge < -0.3 is 10.1 Å². The first-order valence-corrected chi connectivity index (χ1v) is 11.4. The van der Waals surface area contributed by atoms with E-state index in [1.54, 1.807) is 25.1 Å². The van der Waals surface area contributed by atoms with Crippen LogP contribution in [0.15, 0.2) is 59.0 Å². The third-order valence-corrected chi connectivity index (χ3v) is 6.61. The van der Waals surface area contributed by atoms with Gasteiger partial charge in [0.25, 0.3) is 5.56 Å². The average Bonchev–Trinajstić information content (AvgIpc) is 3.22. The number of rotatable bonds is 6. The van der Waals surface area contributed by atoms with Crippen molar-refractivity contribution in [3.63, 3.8) is 0 Å². The summed E-state index contributed by atoms with van der Waals surface area (Å²) < 4.78 is 6.87. The molecular weight excluding hydrogens is 446 g/mol. The van der Waals surface area contributed by atoms with Gasteiger partial charge in [0.05, 0.1) is 18.3 Å². The van der Waals surface area contributed by atoms with Crippen LogP contribution in [0.3, 0.4) is 0 Å². The lowest BCUT2D eigenvalue weighted by atomic mass is 10.1. The molecule has 1 N–H and O–H groups in total. The molecule has 1 unspecified atom stereocenters. The van der Waals surface area contributed by atoms with Gasteiger partial charge in [-0.05, 0) is 56.2 Å². The van der Waals surface area contributed by atoms with Crippen LogP contribution in [0, 0.1) is 6.92 Å². The second-order valence-electron chi connectivity index (χ2n) is 7.32. The Kier molecular flexibility index (Phi) is 6.30. The fraction of sp³-hybridized carbons (Fsp3) is 0.208. The number of nitrogens with zero attached hydrogens (tertiary/aromatic N) is 2. The van der Waals surface area contributed by atoms with Crippen molar-refractivity contribution >= 4 is 44.7 Å². The van der Waals surface area contributed by atoms with E-state index >= 15 is 0 Å². The van der Waals surface area contributed by atoms with Gasteiger partial charge in [-0.2, -0.15) is 0 Å². The molecule has 8 heteroatoms. The molecule has 164 valence electrons. The van der Waals surface area contributed by atoms with E-state index in [2.05, 4.69) is 10.3 Å². The molecule has 2 aromatic heterocycles. The van der Waals surface area contributed by atoms with Gasteiger partial charge in [0.15, 0.2) is 0 Å². The lowest BCUT2D eigenvalue weighted by molar-refractivity contribution is -0.118. The standard InChI is InChI=1S/C24H22ClN3O3S/c1-4-31-17-10-8-16(9-11-17)18-12-32-23-21(18)24(30)28(13-26-23)15(3)22(29)27-20-7-5-6-19(25)14(20)2/h5-13,15H,4H2,1-3H3,(H,27,29). The van der Waals surface area contributed by atoms with Crippen LogP contribution in [-0.2, 0) is 4.79 Å². The number of carbonyl (C=O) groups is 1. The van der Waals surface area contributed by atoms with Crippen LogP contribution >= 0.6 is 22.9 Å². The van der Waals surface area contributed by atoms with Crippen LogP contribution in [0.25, 0.3) is 21.3 Å². The zero-order valence-corrected chi connectivity index (χ0v) is 19.5. The molecule has 0 aliphatic carbocycles. The molecule has 0 saturated heterocycles. The van der Waals surface area contributed by atoms with Crippen molar-refractivity contribution in [2.75, 3.05) is 11.9 Å². The van der Waals surface area contributed by atoms with Crippen molar-refractivity contribution in [2.45, 2.75) is 26.8 Å². The van der Waals surface area contributed by atoms with E-state index < -0.39 is 6.04 Å². The molecule has 0 aliphatic heterocycles. The Morgan fingerprint density at radius 1 is 1.25 bits per heavy atom. The van der Waals surface area contributed by atoms with E-state index in [1.165, 1.54) is 22.2 Å². The van der Waals surface area contributed by atoms with Crippen molar-refractivity contribution in [3.8, 4) is 16.9 Å². The highest BCUT2D eigenvalue weighted by atomic mass is 35.5. The fourth-order valence-corrected chi connectivity index (χ4v) is 4.52. The zero-order chi connectivity index (χ0) is 22.8. The quantitative estimate of drug-likeness (QED) is 0.395. The molecule has 0 bridgehead atoms. The highest BCUT2D eigenvalue weighted by Gasteiger charge is 2.21.